The first kappa shape index (κ1) is 18.0. The van der Waals surface area contributed by atoms with Gasteiger partial charge in [0.25, 0.3) is 0 Å². The van der Waals surface area contributed by atoms with Crippen molar-refractivity contribution in [2.24, 2.45) is 40.4 Å². The quantitative estimate of drug-likeness (QED) is 0.794. The Labute approximate surface area is 152 Å². The van der Waals surface area contributed by atoms with E-state index < -0.39 is 5.60 Å². The van der Waals surface area contributed by atoms with E-state index in [1.165, 1.54) is 25.7 Å². The Kier molecular flexibility index (Phi) is 4.16. The molecule has 2 unspecified atom stereocenters. The van der Waals surface area contributed by atoms with Gasteiger partial charge in [-0.05, 0) is 99.2 Å². The number of carbonyl (C=O) groups is 1. The van der Waals surface area contributed by atoms with Crippen LogP contribution in [0.5, 0.6) is 0 Å². The Bertz CT molecular complexity index is 555. The Morgan fingerprint density at radius 1 is 0.920 bits per heavy atom. The molecule has 0 amide bonds. The minimum Gasteiger partial charge on any atom is -0.390 e. The molecule has 4 fully saturated rings. The lowest BCUT2D eigenvalue weighted by molar-refractivity contribution is -0.151. The zero-order valence-corrected chi connectivity index (χ0v) is 16.3. The van der Waals surface area contributed by atoms with Gasteiger partial charge >= 0.3 is 0 Å². The minimum atomic E-state index is -0.466. The van der Waals surface area contributed by atoms with E-state index in [1.807, 2.05) is 6.92 Å². The van der Waals surface area contributed by atoms with Crippen molar-refractivity contribution in [2.45, 2.75) is 84.2 Å². The fourth-order valence-electron chi connectivity index (χ4n) is 8.07. The summed E-state index contributed by atoms with van der Waals surface area (Å²) in [7, 11) is 0. The number of hydrogen-bond donors (Lipinski definition) is 2. The lowest BCUT2D eigenvalue weighted by atomic mass is 9.44. The third-order valence-electron chi connectivity index (χ3n) is 9.50. The molecule has 4 rings (SSSR count). The van der Waals surface area contributed by atoms with Crippen molar-refractivity contribution in [1.29, 1.82) is 0 Å². The third kappa shape index (κ3) is 2.56. The standard InChI is InChI=1S/C22H36O3/c1-20(25)10-11-21(2)14(12-20)4-5-15-16-6-7-18(19(24)13-23)22(16,3)9-8-17(15)21/h14-18,23,25H,4-13H2,1-3H3/t14?,15-,16-,17-,18+,20?,21-,22-/m0/s1. The van der Waals surface area contributed by atoms with Crippen LogP contribution in [0.15, 0.2) is 0 Å². The number of Topliss-reactive ketones (excluding diaryl/α,β-unsaturated/α-hetero) is 1. The second-order valence-electron chi connectivity index (χ2n) is 10.7. The van der Waals surface area contributed by atoms with Gasteiger partial charge in [0.15, 0.2) is 5.78 Å². The molecule has 4 saturated carbocycles. The number of aliphatic hydroxyl groups is 2. The summed E-state index contributed by atoms with van der Waals surface area (Å²) < 4.78 is 0. The maximum Gasteiger partial charge on any atom is 0.161 e. The Morgan fingerprint density at radius 2 is 1.64 bits per heavy atom. The predicted octanol–water partition coefficient (Wildman–Crippen LogP) is 3.96. The molecule has 0 aromatic carbocycles. The molecule has 0 aliphatic heterocycles. The van der Waals surface area contributed by atoms with Gasteiger partial charge in [0.1, 0.15) is 6.61 Å². The monoisotopic (exact) mass is 348 g/mol. The highest BCUT2D eigenvalue weighted by molar-refractivity contribution is 5.83. The van der Waals surface area contributed by atoms with Crippen LogP contribution in [0.1, 0.15) is 78.6 Å². The molecule has 0 aromatic heterocycles. The number of hydrogen-bond acceptors (Lipinski definition) is 3. The topological polar surface area (TPSA) is 57.5 Å². The molecule has 0 radical (unpaired) electrons. The summed E-state index contributed by atoms with van der Waals surface area (Å²) in [5.41, 5.74) is 0.0299. The van der Waals surface area contributed by atoms with Crippen LogP contribution >= 0.6 is 0 Å². The first-order chi connectivity index (χ1) is 11.7. The molecule has 0 bridgehead atoms. The maximum absolute atomic E-state index is 12.3. The second-order valence-corrected chi connectivity index (χ2v) is 10.7. The van der Waals surface area contributed by atoms with Gasteiger partial charge in [-0.25, -0.2) is 0 Å². The molecular weight excluding hydrogens is 312 g/mol. The van der Waals surface area contributed by atoms with Gasteiger partial charge < -0.3 is 10.2 Å². The van der Waals surface area contributed by atoms with Gasteiger partial charge in [-0.1, -0.05) is 13.8 Å². The molecule has 0 saturated heterocycles. The van der Waals surface area contributed by atoms with Crippen LogP contribution in [0, 0.1) is 40.4 Å². The molecule has 0 spiro atoms. The van der Waals surface area contributed by atoms with Crippen molar-refractivity contribution in [2.75, 3.05) is 6.61 Å². The lowest BCUT2D eigenvalue weighted by Crippen LogP contribution is -2.55. The van der Waals surface area contributed by atoms with Crippen molar-refractivity contribution >= 4 is 5.78 Å². The highest BCUT2D eigenvalue weighted by Gasteiger charge is 2.61. The SMILES string of the molecule is CC1(O)CC[C@@]2(C)C(CC[C@H]3[C@@H]4CC[C@H](C(=O)CO)[C@@]4(C)CC[C@@H]32)C1. The fraction of sp³-hybridized carbons (Fsp3) is 0.955. The van der Waals surface area contributed by atoms with Crippen LogP contribution in [0.2, 0.25) is 0 Å². The van der Waals surface area contributed by atoms with Gasteiger partial charge in [0.2, 0.25) is 0 Å². The van der Waals surface area contributed by atoms with Crippen molar-refractivity contribution in [3.05, 3.63) is 0 Å². The number of fused-ring (bicyclic) bond motifs is 5. The molecule has 0 aromatic rings. The van der Waals surface area contributed by atoms with Crippen molar-refractivity contribution in [3.8, 4) is 0 Å². The van der Waals surface area contributed by atoms with Crippen LogP contribution in [0.25, 0.3) is 0 Å². The average Bonchev–Trinajstić information content (AvgIpc) is 2.92. The highest BCUT2D eigenvalue weighted by atomic mass is 16.3. The van der Waals surface area contributed by atoms with Crippen molar-refractivity contribution in [3.63, 3.8) is 0 Å². The molecule has 4 aliphatic carbocycles. The summed E-state index contributed by atoms with van der Waals surface area (Å²) in [5.74, 6) is 3.01. The summed E-state index contributed by atoms with van der Waals surface area (Å²) in [6, 6.07) is 0. The molecule has 3 nitrogen and oxygen atoms in total. The molecule has 3 heteroatoms. The first-order valence-corrected chi connectivity index (χ1v) is 10.6. The van der Waals surface area contributed by atoms with Gasteiger partial charge in [-0.15, -0.1) is 0 Å². The molecule has 0 heterocycles. The van der Waals surface area contributed by atoms with Gasteiger partial charge in [-0.3, -0.25) is 4.79 Å². The van der Waals surface area contributed by atoms with Gasteiger partial charge in [-0.2, -0.15) is 0 Å². The van der Waals surface area contributed by atoms with Gasteiger partial charge in [0, 0.05) is 5.92 Å². The summed E-state index contributed by atoms with van der Waals surface area (Å²) in [4.78, 5) is 12.3. The second kappa shape index (κ2) is 5.79. The smallest absolute Gasteiger partial charge is 0.161 e. The average molecular weight is 349 g/mol. The lowest BCUT2D eigenvalue weighted by Gasteiger charge is -2.61. The Balaban J connectivity index is 1.59. The van der Waals surface area contributed by atoms with Crippen LogP contribution < -0.4 is 0 Å². The largest absolute Gasteiger partial charge is 0.390 e. The summed E-state index contributed by atoms with van der Waals surface area (Å²) in [6.07, 6.45) is 10.1. The third-order valence-corrected chi connectivity index (χ3v) is 9.50. The summed E-state index contributed by atoms with van der Waals surface area (Å²) >= 11 is 0. The van der Waals surface area contributed by atoms with E-state index in [0.29, 0.717) is 17.3 Å². The minimum absolute atomic E-state index is 0.0806. The summed E-state index contributed by atoms with van der Waals surface area (Å²) in [6.45, 7) is 6.60. The molecule has 8 atom stereocenters. The van der Waals surface area contributed by atoms with E-state index in [0.717, 1.165) is 43.9 Å². The van der Waals surface area contributed by atoms with E-state index in [1.54, 1.807) is 0 Å². The number of rotatable bonds is 2. The fourth-order valence-corrected chi connectivity index (χ4v) is 8.07. The van der Waals surface area contributed by atoms with E-state index in [9.17, 15) is 15.0 Å². The summed E-state index contributed by atoms with van der Waals surface area (Å²) in [5, 5.41) is 20.0. The Hall–Kier alpha value is -0.410. The number of ketones is 1. The van der Waals surface area contributed by atoms with Crippen LogP contribution in [0.3, 0.4) is 0 Å². The van der Waals surface area contributed by atoms with E-state index >= 15 is 0 Å². The van der Waals surface area contributed by atoms with Crippen LogP contribution in [-0.2, 0) is 4.79 Å². The zero-order valence-electron chi connectivity index (χ0n) is 16.3. The molecule has 4 aliphatic rings. The van der Waals surface area contributed by atoms with Crippen LogP contribution in [0.4, 0.5) is 0 Å². The van der Waals surface area contributed by atoms with Gasteiger partial charge in [0.05, 0.1) is 5.60 Å². The van der Waals surface area contributed by atoms with E-state index in [2.05, 4.69) is 13.8 Å². The van der Waals surface area contributed by atoms with E-state index in [-0.39, 0.29) is 23.7 Å². The maximum atomic E-state index is 12.3. The van der Waals surface area contributed by atoms with Crippen LogP contribution in [-0.4, -0.2) is 28.2 Å². The molecule has 142 valence electrons. The highest BCUT2D eigenvalue weighted by Crippen LogP contribution is 2.68. The first-order valence-electron chi connectivity index (χ1n) is 10.6. The molecular formula is C22H36O3. The number of carbonyl (C=O) groups excluding carboxylic acids is 1. The predicted molar refractivity (Wildman–Crippen MR) is 97.9 cm³/mol. The number of aliphatic hydroxyl groups excluding tert-OH is 1. The molecule has 2 N–H and O–H groups in total. The van der Waals surface area contributed by atoms with Crippen molar-refractivity contribution < 1.29 is 15.0 Å². The van der Waals surface area contributed by atoms with Crippen molar-refractivity contribution in [1.82, 2.24) is 0 Å². The van der Waals surface area contributed by atoms with E-state index in [4.69, 9.17) is 0 Å². The molecule has 25 heavy (non-hydrogen) atoms. The normalized spacial score (nSPS) is 55.2. The Morgan fingerprint density at radius 3 is 2.36 bits per heavy atom. The zero-order chi connectivity index (χ0) is 18.0.